The van der Waals surface area contributed by atoms with Gasteiger partial charge in [0.05, 0.1) is 16.6 Å². The number of nitrogens with zero attached hydrogens (tertiary/aromatic N) is 3. The molecule has 3 aromatic rings. The molecule has 2 aromatic carbocycles. The summed E-state index contributed by atoms with van der Waals surface area (Å²) in [5.74, 6) is 1.09. The summed E-state index contributed by atoms with van der Waals surface area (Å²) in [4.78, 5) is 7.53. The molecule has 0 unspecified atom stereocenters. The fourth-order valence-corrected chi connectivity index (χ4v) is 5.15. The average Bonchev–Trinajstić information content (AvgIpc) is 3.10. The molecule has 1 fully saturated rings. The molecule has 0 amide bonds. The predicted octanol–water partition coefficient (Wildman–Crippen LogP) is 5.76. The van der Waals surface area contributed by atoms with Gasteiger partial charge in [-0.3, -0.25) is 4.99 Å². The summed E-state index contributed by atoms with van der Waals surface area (Å²) in [6.45, 7) is 2.82. The van der Waals surface area contributed by atoms with Crippen molar-refractivity contribution in [2.24, 2.45) is 17.5 Å². The third-order valence-electron chi connectivity index (χ3n) is 6.75. The smallest absolute Gasteiger partial charge is 0.108 e. The van der Waals surface area contributed by atoms with E-state index in [0.717, 1.165) is 43.9 Å². The third kappa shape index (κ3) is 3.51. The number of halogens is 2. The van der Waals surface area contributed by atoms with Crippen molar-refractivity contribution < 1.29 is 0 Å². The second-order valence-corrected chi connectivity index (χ2v) is 9.61. The maximum atomic E-state index is 6.32. The van der Waals surface area contributed by atoms with E-state index in [2.05, 4.69) is 59.3 Å². The lowest BCUT2D eigenvalue weighted by Gasteiger charge is -2.45. The van der Waals surface area contributed by atoms with E-state index >= 15 is 0 Å². The minimum absolute atomic E-state index is 0.0335. The van der Waals surface area contributed by atoms with Gasteiger partial charge in [-0.05, 0) is 80.2 Å². The van der Waals surface area contributed by atoms with Crippen molar-refractivity contribution >= 4 is 45.6 Å². The van der Waals surface area contributed by atoms with E-state index in [1.807, 2.05) is 12.1 Å². The Morgan fingerprint density at radius 2 is 1.80 bits per heavy atom. The van der Waals surface area contributed by atoms with Gasteiger partial charge in [0.15, 0.2) is 0 Å². The zero-order valence-electron chi connectivity index (χ0n) is 17.4. The van der Waals surface area contributed by atoms with Gasteiger partial charge in [-0.2, -0.15) is 0 Å². The number of amidine groups is 1. The second-order valence-electron chi connectivity index (χ2n) is 8.79. The molecule has 1 spiro atoms. The first-order valence-corrected chi connectivity index (χ1v) is 11.2. The highest BCUT2D eigenvalue weighted by atomic mass is 35.5. The van der Waals surface area contributed by atoms with Crippen molar-refractivity contribution in [2.45, 2.75) is 25.8 Å². The van der Waals surface area contributed by atoms with E-state index in [-0.39, 0.29) is 5.41 Å². The first kappa shape index (κ1) is 19.9. The van der Waals surface area contributed by atoms with E-state index in [1.165, 1.54) is 22.0 Å². The average molecular weight is 441 g/mol. The summed E-state index contributed by atoms with van der Waals surface area (Å²) in [5, 5.41) is 6.10. The van der Waals surface area contributed by atoms with Crippen molar-refractivity contribution in [3.8, 4) is 0 Å². The van der Waals surface area contributed by atoms with Gasteiger partial charge < -0.3 is 14.8 Å². The van der Waals surface area contributed by atoms with Crippen molar-refractivity contribution in [2.75, 3.05) is 25.5 Å². The maximum Gasteiger partial charge on any atom is 0.108 e. The number of rotatable bonds is 2. The van der Waals surface area contributed by atoms with E-state index in [1.54, 1.807) is 0 Å². The molecule has 6 heteroatoms. The normalized spacial score (nSPS) is 19.9. The highest BCUT2D eigenvalue weighted by Crippen LogP contribution is 2.44. The van der Waals surface area contributed by atoms with Crippen LogP contribution in [-0.4, -0.2) is 35.4 Å². The minimum Gasteiger partial charge on any atom is -0.351 e. The van der Waals surface area contributed by atoms with Crippen molar-refractivity contribution in [1.29, 1.82) is 0 Å². The molecular formula is C24H26Cl2N4. The summed E-state index contributed by atoms with van der Waals surface area (Å²) in [5.41, 5.74) is 4.77. The fourth-order valence-electron chi connectivity index (χ4n) is 4.80. The molecule has 0 aliphatic carbocycles. The molecule has 1 N–H and O–H groups in total. The standard InChI is InChI=1S/C24H26Cl2N4/c1-29-9-6-24(7-10-29)14-18-12-19(25)20(26)13-21(18)28-23(24)27-15-16-3-4-17-5-8-30(2)22(17)11-16/h3-5,8,11-13H,6-7,9-10,14-15H2,1-2H3,(H,27,28). The van der Waals surface area contributed by atoms with Crippen LogP contribution >= 0.6 is 23.2 Å². The van der Waals surface area contributed by atoms with Crippen LogP contribution < -0.4 is 5.32 Å². The SMILES string of the molecule is CN1CCC2(CC1)Cc1cc(Cl)c(Cl)cc1NC2=NCc1ccc2ccn(C)c2c1. The molecule has 0 bridgehead atoms. The lowest BCUT2D eigenvalue weighted by Crippen LogP contribution is -2.49. The monoisotopic (exact) mass is 440 g/mol. The summed E-state index contributed by atoms with van der Waals surface area (Å²) in [7, 11) is 4.28. The quantitative estimate of drug-likeness (QED) is 0.548. The number of piperidine rings is 1. The molecule has 2 aliphatic rings. The van der Waals surface area contributed by atoms with Gasteiger partial charge in [-0.15, -0.1) is 0 Å². The highest BCUT2D eigenvalue weighted by molar-refractivity contribution is 6.42. The summed E-state index contributed by atoms with van der Waals surface area (Å²) in [6, 6.07) is 12.7. The number of likely N-dealkylation sites (tertiary alicyclic amines) is 1. The zero-order chi connectivity index (χ0) is 20.9. The molecule has 0 atom stereocenters. The Morgan fingerprint density at radius 3 is 2.60 bits per heavy atom. The van der Waals surface area contributed by atoms with Gasteiger partial charge in [0.25, 0.3) is 0 Å². The van der Waals surface area contributed by atoms with Crippen LogP contribution in [0.2, 0.25) is 10.0 Å². The Bertz CT molecular complexity index is 1140. The molecule has 30 heavy (non-hydrogen) atoms. The van der Waals surface area contributed by atoms with Gasteiger partial charge in [0.1, 0.15) is 5.84 Å². The molecule has 0 radical (unpaired) electrons. The number of benzene rings is 2. The van der Waals surface area contributed by atoms with Crippen LogP contribution in [0.25, 0.3) is 10.9 Å². The van der Waals surface area contributed by atoms with Gasteiger partial charge in [0.2, 0.25) is 0 Å². The number of aliphatic imine (C=N–C) groups is 1. The fraction of sp³-hybridized carbons (Fsp3) is 0.375. The zero-order valence-corrected chi connectivity index (χ0v) is 18.9. The van der Waals surface area contributed by atoms with Crippen molar-refractivity contribution in [3.63, 3.8) is 0 Å². The first-order chi connectivity index (χ1) is 14.4. The van der Waals surface area contributed by atoms with E-state index in [4.69, 9.17) is 28.2 Å². The van der Waals surface area contributed by atoms with Crippen LogP contribution in [-0.2, 0) is 20.0 Å². The second kappa shape index (κ2) is 7.60. The van der Waals surface area contributed by atoms with Gasteiger partial charge in [-0.25, -0.2) is 0 Å². The van der Waals surface area contributed by atoms with Crippen LogP contribution in [0, 0.1) is 5.41 Å². The lowest BCUT2D eigenvalue weighted by molar-refractivity contribution is 0.178. The molecule has 2 aliphatic heterocycles. The van der Waals surface area contributed by atoms with Crippen molar-refractivity contribution in [1.82, 2.24) is 9.47 Å². The largest absolute Gasteiger partial charge is 0.351 e. The first-order valence-electron chi connectivity index (χ1n) is 10.5. The lowest BCUT2D eigenvalue weighted by atomic mass is 9.70. The Kier molecular flexibility index (Phi) is 5.04. The number of hydrogen-bond acceptors (Lipinski definition) is 2. The number of hydrogen-bond donors (Lipinski definition) is 1. The van der Waals surface area contributed by atoms with E-state index in [9.17, 15) is 0 Å². The number of aryl methyl sites for hydroxylation is 1. The molecule has 1 saturated heterocycles. The van der Waals surface area contributed by atoms with Crippen LogP contribution in [0.4, 0.5) is 5.69 Å². The molecule has 156 valence electrons. The van der Waals surface area contributed by atoms with Gasteiger partial charge in [-0.1, -0.05) is 35.3 Å². The van der Waals surface area contributed by atoms with Crippen LogP contribution in [0.3, 0.4) is 0 Å². The maximum absolute atomic E-state index is 6.32. The Morgan fingerprint density at radius 1 is 1.03 bits per heavy atom. The molecule has 0 saturated carbocycles. The molecule has 1 aromatic heterocycles. The number of anilines is 1. The summed E-state index contributed by atoms with van der Waals surface area (Å²) < 4.78 is 2.16. The number of aromatic nitrogens is 1. The summed E-state index contributed by atoms with van der Waals surface area (Å²) >= 11 is 12.6. The van der Waals surface area contributed by atoms with Gasteiger partial charge in [0, 0.05) is 29.9 Å². The van der Waals surface area contributed by atoms with Gasteiger partial charge >= 0.3 is 0 Å². The van der Waals surface area contributed by atoms with E-state index < -0.39 is 0 Å². The third-order valence-corrected chi connectivity index (χ3v) is 7.47. The Hall–Kier alpha value is -2.01. The molecule has 3 heterocycles. The summed E-state index contributed by atoms with van der Waals surface area (Å²) in [6.07, 6.45) is 5.23. The molecule has 4 nitrogen and oxygen atoms in total. The van der Waals surface area contributed by atoms with E-state index in [0.29, 0.717) is 16.6 Å². The van der Waals surface area contributed by atoms with Crippen LogP contribution in [0.5, 0.6) is 0 Å². The number of nitrogens with one attached hydrogen (secondary N) is 1. The highest BCUT2D eigenvalue weighted by Gasteiger charge is 2.42. The molecular weight excluding hydrogens is 415 g/mol. The molecule has 5 rings (SSSR count). The minimum atomic E-state index is 0.0335. The van der Waals surface area contributed by atoms with Crippen LogP contribution in [0.15, 0.2) is 47.6 Å². The Balaban J connectivity index is 1.50. The van der Waals surface area contributed by atoms with Crippen LogP contribution in [0.1, 0.15) is 24.0 Å². The van der Waals surface area contributed by atoms with Crippen molar-refractivity contribution in [3.05, 3.63) is 63.8 Å². The number of fused-ring (bicyclic) bond motifs is 2. The topological polar surface area (TPSA) is 32.6 Å². The predicted molar refractivity (Wildman–Crippen MR) is 127 cm³/mol. The Labute approximate surface area is 187 Å².